The third kappa shape index (κ3) is 2.57. The standard InChI is InChI=1S/C21H24O6/c1-11(22)13-9-21(2)14(5-4-6-15(21)19(23)25-3)17-16(13)18(27-20(17)24)12-7-8-26-10-12/h6-8,10,13-14,16-18H,4-5,9H2,1-3H3/t13-,14+,16-,17+,18+,21-/m1/s1. The first-order chi connectivity index (χ1) is 12.9. The Morgan fingerprint density at radius 2 is 2.11 bits per heavy atom. The Hall–Kier alpha value is -2.37. The summed E-state index contributed by atoms with van der Waals surface area (Å²) in [5.74, 6) is -1.70. The number of allylic oxidation sites excluding steroid dienone is 1. The van der Waals surface area contributed by atoms with Gasteiger partial charge >= 0.3 is 11.9 Å². The van der Waals surface area contributed by atoms with E-state index in [2.05, 4.69) is 0 Å². The second-order valence-corrected chi connectivity index (χ2v) is 8.15. The van der Waals surface area contributed by atoms with Crippen LogP contribution in [0.25, 0.3) is 0 Å². The molecule has 0 radical (unpaired) electrons. The molecule has 0 spiro atoms. The van der Waals surface area contributed by atoms with Crippen molar-refractivity contribution in [2.45, 2.75) is 39.2 Å². The van der Waals surface area contributed by atoms with E-state index >= 15 is 0 Å². The fraction of sp³-hybridized carbons (Fsp3) is 0.571. The molecule has 0 aromatic carbocycles. The number of Topliss-reactive ketones (excluding diaryl/α,β-unsaturated/α-hetero) is 1. The van der Waals surface area contributed by atoms with E-state index in [0.29, 0.717) is 18.4 Å². The van der Waals surface area contributed by atoms with E-state index in [0.717, 1.165) is 12.0 Å². The molecule has 6 nitrogen and oxygen atoms in total. The molecule has 1 aliphatic heterocycles. The molecular formula is C21H24O6. The summed E-state index contributed by atoms with van der Waals surface area (Å²) in [5, 5.41) is 0. The van der Waals surface area contributed by atoms with Crippen molar-refractivity contribution >= 4 is 17.7 Å². The minimum absolute atomic E-state index is 0.0197. The second kappa shape index (κ2) is 6.36. The van der Waals surface area contributed by atoms with Gasteiger partial charge in [-0.15, -0.1) is 0 Å². The summed E-state index contributed by atoms with van der Waals surface area (Å²) >= 11 is 0. The molecule has 0 bridgehead atoms. The van der Waals surface area contributed by atoms with E-state index in [1.165, 1.54) is 7.11 Å². The minimum Gasteiger partial charge on any atom is -0.472 e. The maximum absolute atomic E-state index is 12.9. The molecule has 6 atom stereocenters. The van der Waals surface area contributed by atoms with Crippen LogP contribution in [0.5, 0.6) is 0 Å². The third-order valence-corrected chi connectivity index (χ3v) is 6.88. The van der Waals surface area contributed by atoms with Gasteiger partial charge in [0.05, 0.1) is 25.6 Å². The van der Waals surface area contributed by atoms with Crippen LogP contribution >= 0.6 is 0 Å². The number of methoxy groups -OCH3 is 1. The molecule has 0 unspecified atom stereocenters. The third-order valence-electron chi connectivity index (χ3n) is 6.88. The number of carbonyl (C=O) groups excluding carboxylic acids is 3. The van der Waals surface area contributed by atoms with Gasteiger partial charge < -0.3 is 13.9 Å². The minimum atomic E-state index is -0.576. The average Bonchev–Trinajstić information content (AvgIpc) is 3.27. The van der Waals surface area contributed by atoms with Gasteiger partial charge in [0.2, 0.25) is 0 Å². The summed E-state index contributed by atoms with van der Waals surface area (Å²) in [7, 11) is 1.36. The van der Waals surface area contributed by atoms with E-state index in [9.17, 15) is 14.4 Å². The molecule has 2 fully saturated rings. The SMILES string of the molecule is COC(=O)C1=CCC[C@H]2[C@@H]3C(=O)O[C@@H](c4ccoc4)[C@@H]3[C@@H](C(C)=O)C[C@@]12C. The number of fused-ring (bicyclic) bond motifs is 3. The van der Waals surface area contributed by atoms with Crippen LogP contribution in [-0.2, 0) is 23.9 Å². The van der Waals surface area contributed by atoms with Crippen molar-refractivity contribution in [3.63, 3.8) is 0 Å². The summed E-state index contributed by atoms with van der Waals surface area (Å²) < 4.78 is 15.9. The first kappa shape index (κ1) is 18.0. The number of carbonyl (C=O) groups is 3. The van der Waals surface area contributed by atoms with E-state index in [-0.39, 0.29) is 35.5 Å². The van der Waals surface area contributed by atoms with Crippen molar-refractivity contribution in [2.24, 2.45) is 29.1 Å². The number of rotatable bonds is 3. The number of ketones is 1. The molecular weight excluding hydrogens is 348 g/mol. The highest BCUT2D eigenvalue weighted by molar-refractivity contribution is 5.91. The number of esters is 2. The van der Waals surface area contributed by atoms with Gasteiger partial charge in [0, 0.05) is 28.4 Å². The highest BCUT2D eigenvalue weighted by Gasteiger charge is 2.63. The number of ether oxygens (including phenoxy) is 2. The zero-order valence-electron chi connectivity index (χ0n) is 15.8. The van der Waals surface area contributed by atoms with Crippen molar-refractivity contribution in [2.75, 3.05) is 7.11 Å². The molecule has 1 saturated heterocycles. The van der Waals surface area contributed by atoms with Gasteiger partial charge in [-0.05, 0) is 38.2 Å². The quantitative estimate of drug-likeness (QED) is 0.758. The molecule has 0 amide bonds. The van der Waals surface area contributed by atoms with E-state index < -0.39 is 17.4 Å². The lowest BCUT2D eigenvalue weighted by Crippen LogP contribution is -2.51. The summed E-state index contributed by atoms with van der Waals surface area (Å²) in [6, 6.07) is 1.78. The summed E-state index contributed by atoms with van der Waals surface area (Å²) in [6.07, 6.45) is 6.57. The van der Waals surface area contributed by atoms with Crippen molar-refractivity contribution < 1.29 is 28.3 Å². The Morgan fingerprint density at radius 3 is 2.74 bits per heavy atom. The van der Waals surface area contributed by atoms with Crippen molar-refractivity contribution in [1.29, 1.82) is 0 Å². The van der Waals surface area contributed by atoms with E-state index in [4.69, 9.17) is 13.9 Å². The molecule has 144 valence electrons. The molecule has 2 aliphatic carbocycles. The van der Waals surface area contributed by atoms with E-state index in [1.54, 1.807) is 25.5 Å². The highest BCUT2D eigenvalue weighted by Crippen LogP contribution is 2.62. The van der Waals surface area contributed by atoms with Crippen LogP contribution in [0, 0.1) is 29.1 Å². The predicted molar refractivity (Wildman–Crippen MR) is 94.2 cm³/mol. The first-order valence-corrected chi connectivity index (χ1v) is 9.40. The summed E-state index contributed by atoms with van der Waals surface area (Å²) in [4.78, 5) is 38.0. The molecule has 1 saturated carbocycles. The Morgan fingerprint density at radius 1 is 1.33 bits per heavy atom. The monoisotopic (exact) mass is 372 g/mol. The predicted octanol–water partition coefficient (Wildman–Crippen LogP) is 3.23. The smallest absolute Gasteiger partial charge is 0.333 e. The topological polar surface area (TPSA) is 82.8 Å². The van der Waals surface area contributed by atoms with Gasteiger partial charge in [-0.25, -0.2) is 4.79 Å². The molecule has 0 N–H and O–H groups in total. The maximum Gasteiger partial charge on any atom is 0.333 e. The normalized spacial score (nSPS) is 37.7. The molecule has 2 heterocycles. The van der Waals surface area contributed by atoms with E-state index in [1.807, 2.05) is 13.0 Å². The lowest BCUT2D eigenvalue weighted by molar-refractivity contribution is -0.149. The number of cyclic esters (lactones) is 1. The Balaban J connectivity index is 1.80. The fourth-order valence-corrected chi connectivity index (χ4v) is 5.68. The largest absolute Gasteiger partial charge is 0.472 e. The number of hydrogen-bond donors (Lipinski definition) is 0. The average molecular weight is 372 g/mol. The van der Waals surface area contributed by atoms with Crippen LogP contribution in [-0.4, -0.2) is 24.8 Å². The molecule has 27 heavy (non-hydrogen) atoms. The lowest BCUT2D eigenvalue weighted by atomic mass is 9.49. The van der Waals surface area contributed by atoms with Gasteiger partial charge in [0.15, 0.2) is 0 Å². The number of hydrogen-bond acceptors (Lipinski definition) is 6. The first-order valence-electron chi connectivity index (χ1n) is 9.40. The maximum atomic E-state index is 12.9. The highest BCUT2D eigenvalue weighted by atomic mass is 16.6. The van der Waals surface area contributed by atoms with Crippen LogP contribution < -0.4 is 0 Å². The van der Waals surface area contributed by atoms with Crippen molar-refractivity contribution in [3.05, 3.63) is 35.8 Å². The fourth-order valence-electron chi connectivity index (χ4n) is 5.68. The van der Waals surface area contributed by atoms with Crippen molar-refractivity contribution in [1.82, 2.24) is 0 Å². The van der Waals surface area contributed by atoms with Crippen LogP contribution in [0.3, 0.4) is 0 Å². The Labute approximate surface area is 157 Å². The van der Waals surface area contributed by atoms with Crippen LogP contribution in [0.15, 0.2) is 34.7 Å². The lowest BCUT2D eigenvalue weighted by Gasteiger charge is -2.51. The molecule has 4 rings (SSSR count). The molecule has 1 aromatic heterocycles. The molecule has 3 aliphatic rings. The van der Waals surface area contributed by atoms with Crippen LogP contribution in [0.1, 0.15) is 44.8 Å². The number of furan rings is 1. The molecule has 1 aromatic rings. The molecule has 6 heteroatoms. The van der Waals surface area contributed by atoms with Gasteiger partial charge in [-0.1, -0.05) is 13.0 Å². The zero-order valence-corrected chi connectivity index (χ0v) is 15.8. The van der Waals surface area contributed by atoms with Crippen LogP contribution in [0.2, 0.25) is 0 Å². The summed E-state index contributed by atoms with van der Waals surface area (Å²) in [5.41, 5.74) is 0.795. The van der Waals surface area contributed by atoms with Gasteiger partial charge in [0.25, 0.3) is 0 Å². The van der Waals surface area contributed by atoms with Crippen LogP contribution in [0.4, 0.5) is 0 Å². The van der Waals surface area contributed by atoms with Gasteiger partial charge in [-0.2, -0.15) is 0 Å². The second-order valence-electron chi connectivity index (χ2n) is 8.15. The van der Waals surface area contributed by atoms with Gasteiger partial charge in [-0.3, -0.25) is 9.59 Å². The Kier molecular flexibility index (Phi) is 4.24. The van der Waals surface area contributed by atoms with Gasteiger partial charge in [0.1, 0.15) is 11.9 Å². The van der Waals surface area contributed by atoms with Crippen molar-refractivity contribution in [3.8, 4) is 0 Å². The summed E-state index contributed by atoms with van der Waals surface area (Å²) in [6.45, 7) is 3.55. The zero-order chi connectivity index (χ0) is 19.3. The Bertz CT molecular complexity index is 807.